The van der Waals surface area contributed by atoms with E-state index in [2.05, 4.69) is 0 Å². The number of anilines is 1. The zero-order valence-corrected chi connectivity index (χ0v) is 18.5. The standard InChI is InChI=1S/C25H23N3O6/c1-34-13-5-12-26-24(30)20-19-11-10-15-6-2-3-9-18(15)27(19)22(21(20)25(26)31)23(29)16-7-4-8-17(14-16)28(32)33/h2-4,6-11,14,19-22H,5,12-13H2,1H3/t19-,20-,21-,22+/m0/s1. The van der Waals surface area contributed by atoms with Crippen LogP contribution in [0.5, 0.6) is 0 Å². The highest BCUT2D eigenvalue weighted by molar-refractivity contribution is 6.14. The van der Waals surface area contributed by atoms with E-state index in [0.717, 1.165) is 11.3 Å². The summed E-state index contributed by atoms with van der Waals surface area (Å²) < 4.78 is 5.06. The van der Waals surface area contributed by atoms with Gasteiger partial charge in [-0.1, -0.05) is 42.5 Å². The van der Waals surface area contributed by atoms with Crippen molar-refractivity contribution in [2.75, 3.05) is 25.2 Å². The van der Waals surface area contributed by atoms with E-state index >= 15 is 0 Å². The van der Waals surface area contributed by atoms with Gasteiger partial charge in [0.05, 0.1) is 22.8 Å². The van der Waals surface area contributed by atoms with Crippen molar-refractivity contribution in [3.63, 3.8) is 0 Å². The maximum absolute atomic E-state index is 13.9. The number of nitro groups is 1. The number of nitrogens with zero attached hydrogens (tertiary/aromatic N) is 3. The molecule has 2 fully saturated rings. The molecule has 3 aliphatic heterocycles. The number of ether oxygens (including phenoxy) is 1. The molecule has 0 N–H and O–H groups in total. The van der Waals surface area contributed by atoms with Gasteiger partial charge in [0.2, 0.25) is 11.8 Å². The van der Waals surface area contributed by atoms with Crippen molar-refractivity contribution in [3.05, 3.63) is 75.8 Å². The normalized spacial score (nSPS) is 24.7. The average Bonchev–Trinajstić information content (AvgIpc) is 3.32. The zero-order chi connectivity index (χ0) is 24.0. The van der Waals surface area contributed by atoms with E-state index in [1.165, 1.54) is 29.2 Å². The largest absolute Gasteiger partial charge is 0.385 e. The first kappa shape index (κ1) is 22.0. The fourth-order valence-corrected chi connectivity index (χ4v) is 5.41. The van der Waals surface area contributed by atoms with Crippen LogP contribution >= 0.6 is 0 Å². The summed E-state index contributed by atoms with van der Waals surface area (Å²) in [5, 5.41) is 11.3. The van der Waals surface area contributed by atoms with Crippen molar-refractivity contribution in [1.82, 2.24) is 4.90 Å². The number of non-ortho nitro benzene ring substituents is 1. The SMILES string of the molecule is COCCCN1C(=O)[C@@H]2[C@H](C1=O)[C@H](C(=O)c1cccc([N+](=O)[O-])c1)N1c3ccccc3C=C[C@@H]21. The topological polar surface area (TPSA) is 110 Å². The Morgan fingerprint density at radius 1 is 1.09 bits per heavy atom. The van der Waals surface area contributed by atoms with Crippen molar-refractivity contribution in [2.45, 2.75) is 18.5 Å². The summed E-state index contributed by atoms with van der Waals surface area (Å²) in [5.41, 5.74) is 1.58. The smallest absolute Gasteiger partial charge is 0.270 e. The van der Waals surface area contributed by atoms with E-state index < -0.39 is 34.6 Å². The molecule has 0 saturated carbocycles. The Kier molecular flexibility index (Phi) is 5.49. The summed E-state index contributed by atoms with van der Waals surface area (Å²) in [7, 11) is 1.55. The van der Waals surface area contributed by atoms with Gasteiger partial charge in [-0.05, 0) is 18.1 Å². The third-order valence-electron chi connectivity index (χ3n) is 6.85. The van der Waals surface area contributed by atoms with Crippen molar-refractivity contribution < 1.29 is 24.0 Å². The number of likely N-dealkylation sites (tertiary alicyclic amines) is 1. The molecule has 3 aliphatic rings. The van der Waals surface area contributed by atoms with Gasteiger partial charge in [0.15, 0.2) is 5.78 Å². The van der Waals surface area contributed by atoms with Gasteiger partial charge in [0, 0.05) is 43.6 Å². The molecule has 0 radical (unpaired) electrons. The number of amides is 2. The van der Waals surface area contributed by atoms with Crippen molar-refractivity contribution in [3.8, 4) is 0 Å². The monoisotopic (exact) mass is 461 g/mol. The molecule has 0 bridgehead atoms. The van der Waals surface area contributed by atoms with Crippen LogP contribution in [0, 0.1) is 22.0 Å². The Bertz CT molecular complexity index is 1220. The van der Waals surface area contributed by atoms with Gasteiger partial charge < -0.3 is 9.64 Å². The number of para-hydroxylation sites is 1. The maximum Gasteiger partial charge on any atom is 0.270 e. The molecule has 0 aliphatic carbocycles. The molecule has 174 valence electrons. The minimum Gasteiger partial charge on any atom is -0.385 e. The van der Waals surface area contributed by atoms with Crippen molar-refractivity contribution in [2.24, 2.45) is 11.8 Å². The molecule has 9 nitrogen and oxygen atoms in total. The van der Waals surface area contributed by atoms with Crippen LogP contribution in [-0.4, -0.2) is 59.8 Å². The molecule has 4 atom stereocenters. The Labute approximate surface area is 195 Å². The molecule has 0 spiro atoms. The third-order valence-corrected chi connectivity index (χ3v) is 6.85. The van der Waals surface area contributed by atoms with Crippen LogP contribution < -0.4 is 4.90 Å². The van der Waals surface area contributed by atoms with Gasteiger partial charge in [-0.25, -0.2) is 0 Å². The number of carbonyl (C=O) groups is 3. The lowest BCUT2D eigenvalue weighted by atomic mass is 9.86. The lowest BCUT2D eigenvalue weighted by molar-refractivity contribution is -0.384. The number of rotatable bonds is 7. The highest BCUT2D eigenvalue weighted by Gasteiger charge is 2.63. The summed E-state index contributed by atoms with van der Waals surface area (Å²) in [5.74, 6) is -2.66. The predicted octanol–water partition coefficient (Wildman–Crippen LogP) is 2.70. The number of methoxy groups -OCH3 is 1. The first-order chi connectivity index (χ1) is 16.4. The molecule has 3 heterocycles. The number of nitro benzene ring substituents is 1. The number of carbonyl (C=O) groups excluding carboxylic acids is 3. The highest BCUT2D eigenvalue weighted by atomic mass is 16.6. The number of ketones is 1. The van der Waals surface area contributed by atoms with E-state index in [1.54, 1.807) is 7.11 Å². The molecule has 9 heteroatoms. The molecule has 2 saturated heterocycles. The molecular weight excluding hydrogens is 438 g/mol. The molecule has 34 heavy (non-hydrogen) atoms. The Balaban J connectivity index is 1.59. The van der Waals surface area contributed by atoms with Crippen LogP contribution in [0.2, 0.25) is 0 Å². The van der Waals surface area contributed by atoms with Gasteiger partial charge in [0.1, 0.15) is 6.04 Å². The third kappa shape index (κ3) is 3.31. The lowest BCUT2D eigenvalue weighted by Crippen LogP contribution is -2.48. The van der Waals surface area contributed by atoms with Gasteiger partial charge in [-0.3, -0.25) is 29.4 Å². The van der Waals surface area contributed by atoms with Gasteiger partial charge in [-0.2, -0.15) is 0 Å². The van der Waals surface area contributed by atoms with E-state index in [0.29, 0.717) is 13.0 Å². The molecule has 2 aromatic carbocycles. The Morgan fingerprint density at radius 2 is 1.85 bits per heavy atom. The molecule has 0 aromatic heterocycles. The second-order valence-corrected chi connectivity index (χ2v) is 8.66. The maximum atomic E-state index is 13.9. The molecule has 2 amide bonds. The minimum atomic E-state index is -0.952. The minimum absolute atomic E-state index is 0.142. The first-order valence-electron chi connectivity index (χ1n) is 11.1. The fraction of sp³-hybridized carbons (Fsp3) is 0.320. The summed E-state index contributed by atoms with van der Waals surface area (Å²) >= 11 is 0. The number of benzene rings is 2. The van der Waals surface area contributed by atoms with Crippen molar-refractivity contribution >= 4 is 35.0 Å². The highest BCUT2D eigenvalue weighted by Crippen LogP contribution is 2.49. The molecule has 0 unspecified atom stereocenters. The van der Waals surface area contributed by atoms with E-state index in [-0.39, 0.29) is 29.6 Å². The average molecular weight is 461 g/mol. The van der Waals surface area contributed by atoms with E-state index in [4.69, 9.17) is 4.74 Å². The molecule has 2 aromatic rings. The van der Waals surface area contributed by atoms with Crippen LogP contribution in [0.15, 0.2) is 54.6 Å². The Hall–Kier alpha value is -3.85. The summed E-state index contributed by atoms with van der Waals surface area (Å²) in [4.78, 5) is 54.6. The lowest BCUT2D eigenvalue weighted by Gasteiger charge is -2.36. The number of Topliss-reactive ketones (excluding diaryl/α,β-unsaturated/α-hetero) is 1. The second-order valence-electron chi connectivity index (χ2n) is 8.66. The Morgan fingerprint density at radius 3 is 2.62 bits per heavy atom. The van der Waals surface area contributed by atoms with E-state index in [1.807, 2.05) is 41.3 Å². The quantitative estimate of drug-likeness (QED) is 0.205. The second kappa shape index (κ2) is 8.49. The number of imide groups is 1. The zero-order valence-electron chi connectivity index (χ0n) is 18.5. The summed E-state index contributed by atoms with van der Waals surface area (Å²) in [6, 6.07) is 11.6. The summed E-state index contributed by atoms with van der Waals surface area (Å²) in [6.07, 6.45) is 4.30. The van der Waals surface area contributed by atoms with Gasteiger partial charge in [0.25, 0.3) is 5.69 Å². The van der Waals surface area contributed by atoms with Crippen molar-refractivity contribution in [1.29, 1.82) is 0 Å². The van der Waals surface area contributed by atoms with Crippen LogP contribution in [0.4, 0.5) is 11.4 Å². The van der Waals surface area contributed by atoms with Crippen LogP contribution in [0.3, 0.4) is 0 Å². The number of hydrogen-bond acceptors (Lipinski definition) is 7. The number of hydrogen-bond donors (Lipinski definition) is 0. The summed E-state index contributed by atoms with van der Waals surface area (Å²) in [6.45, 7) is 0.633. The van der Waals surface area contributed by atoms with Gasteiger partial charge >= 0.3 is 0 Å². The number of fused-ring (bicyclic) bond motifs is 5. The van der Waals surface area contributed by atoms with Crippen LogP contribution in [0.1, 0.15) is 22.3 Å². The molecular formula is C25H23N3O6. The van der Waals surface area contributed by atoms with Gasteiger partial charge in [-0.15, -0.1) is 0 Å². The first-order valence-corrected chi connectivity index (χ1v) is 11.1. The van der Waals surface area contributed by atoms with Crippen LogP contribution in [-0.2, 0) is 14.3 Å². The predicted molar refractivity (Wildman–Crippen MR) is 123 cm³/mol. The van der Waals surface area contributed by atoms with E-state index in [9.17, 15) is 24.5 Å². The van der Waals surface area contributed by atoms with Crippen LogP contribution in [0.25, 0.3) is 6.08 Å². The fourth-order valence-electron chi connectivity index (χ4n) is 5.41. The molecule has 5 rings (SSSR count).